The first-order chi connectivity index (χ1) is 8.65. The van der Waals surface area contributed by atoms with Gasteiger partial charge in [-0.05, 0) is 30.7 Å². The molecule has 0 aliphatic heterocycles. The van der Waals surface area contributed by atoms with Gasteiger partial charge in [-0.2, -0.15) is 0 Å². The van der Waals surface area contributed by atoms with E-state index in [1.807, 2.05) is 43.3 Å². The van der Waals surface area contributed by atoms with Crippen LogP contribution in [0.15, 0.2) is 36.4 Å². The van der Waals surface area contributed by atoms with Gasteiger partial charge in [0, 0.05) is 11.3 Å². The van der Waals surface area contributed by atoms with E-state index in [2.05, 4.69) is 4.98 Å². The molecule has 0 saturated heterocycles. The minimum atomic E-state index is 0.747. The molecule has 2 aromatic carbocycles. The first-order valence-corrected chi connectivity index (χ1v) is 6.76. The van der Waals surface area contributed by atoms with Crippen molar-refractivity contribution in [3.05, 3.63) is 47.0 Å². The zero-order valence-electron chi connectivity index (χ0n) is 9.77. The Morgan fingerprint density at radius 1 is 1.22 bits per heavy atom. The summed E-state index contributed by atoms with van der Waals surface area (Å²) in [6, 6.07) is 11.8. The number of anilines is 1. The summed E-state index contributed by atoms with van der Waals surface area (Å²) in [7, 11) is 0. The number of nitrogens with two attached hydrogens (primary N) is 1. The fraction of sp³-hybridized carbons (Fsp3) is 0.0714. The second-order valence-corrected chi connectivity index (χ2v) is 5.58. The Kier molecular flexibility index (Phi) is 2.73. The quantitative estimate of drug-likeness (QED) is 0.663. The van der Waals surface area contributed by atoms with Gasteiger partial charge in [0.05, 0.1) is 15.2 Å². The van der Waals surface area contributed by atoms with Crippen molar-refractivity contribution in [2.45, 2.75) is 6.92 Å². The van der Waals surface area contributed by atoms with Crippen LogP contribution in [-0.4, -0.2) is 4.98 Å². The van der Waals surface area contributed by atoms with Crippen molar-refractivity contribution in [3.8, 4) is 10.6 Å². The number of hydrogen-bond donors (Lipinski definition) is 1. The summed E-state index contributed by atoms with van der Waals surface area (Å²) in [5.74, 6) is 0. The number of hydrogen-bond acceptors (Lipinski definition) is 3. The van der Waals surface area contributed by atoms with Gasteiger partial charge in [-0.15, -0.1) is 11.3 Å². The lowest BCUT2D eigenvalue weighted by molar-refractivity contribution is 1.44. The molecule has 90 valence electrons. The number of nitrogen functional groups attached to an aromatic ring is 1. The molecule has 3 aromatic rings. The minimum Gasteiger partial charge on any atom is -0.398 e. The topological polar surface area (TPSA) is 38.9 Å². The van der Waals surface area contributed by atoms with Crippen LogP contribution in [0, 0.1) is 6.92 Å². The van der Waals surface area contributed by atoms with E-state index in [0.717, 1.165) is 37.1 Å². The maximum atomic E-state index is 6.16. The van der Waals surface area contributed by atoms with Crippen LogP contribution in [0.25, 0.3) is 20.8 Å². The zero-order valence-corrected chi connectivity index (χ0v) is 11.3. The minimum absolute atomic E-state index is 0.747. The molecule has 2 nitrogen and oxygen atoms in total. The summed E-state index contributed by atoms with van der Waals surface area (Å²) in [6.07, 6.45) is 0. The number of benzene rings is 2. The van der Waals surface area contributed by atoms with E-state index in [1.54, 1.807) is 11.3 Å². The van der Waals surface area contributed by atoms with Crippen molar-refractivity contribution in [2.75, 3.05) is 5.73 Å². The maximum Gasteiger partial charge on any atom is 0.124 e. The normalized spacial score (nSPS) is 11.0. The molecule has 0 radical (unpaired) electrons. The van der Waals surface area contributed by atoms with Gasteiger partial charge in [-0.1, -0.05) is 29.8 Å². The highest BCUT2D eigenvalue weighted by Gasteiger charge is 2.09. The third-order valence-corrected chi connectivity index (χ3v) is 4.47. The Hall–Kier alpha value is -1.58. The van der Waals surface area contributed by atoms with Gasteiger partial charge in [0.1, 0.15) is 5.01 Å². The molecular weight excluding hydrogens is 264 g/mol. The fourth-order valence-corrected chi connectivity index (χ4v) is 3.06. The van der Waals surface area contributed by atoms with E-state index in [1.165, 1.54) is 0 Å². The Morgan fingerprint density at radius 3 is 2.78 bits per heavy atom. The van der Waals surface area contributed by atoms with Crippen molar-refractivity contribution in [3.63, 3.8) is 0 Å². The van der Waals surface area contributed by atoms with Crippen LogP contribution in [0.1, 0.15) is 5.56 Å². The predicted octanol–water partition coefficient (Wildman–Crippen LogP) is 4.51. The average Bonchev–Trinajstić information content (AvgIpc) is 2.78. The third kappa shape index (κ3) is 1.85. The number of thiazole rings is 1. The van der Waals surface area contributed by atoms with E-state index in [-0.39, 0.29) is 0 Å². The van der Waals surface area contributed by atoms with Gasteiger partial charge >= 0.3 is 0 Å². The molecule has 0 fully saturated rings. The van der Waals surface area contributed by atoms with Crippen molar-refractivity contribution < 1.29 is 0 Å². The van der Waals surface area contributed by atoms with E-state index >= 15 is 0 Å². The van der Waals surface area contributed by atoms with Crippen LogP contribution < -0.4 is 5.73 Å². The number of halogens is 1. The molecule has 1 heterocycles. The molecule has 3 rings (SSSR count). The molecule has 0 unspecified atom stereocenters. The number of rotatable bonds is 1. The lowest BCUT2D eigenvalue weighted by Gasteiger charge is -2.01. The Morgan fingerprint density at radius 2 is 2.06 bits per heavy atom. The number of aromatic nitrogens is 1. The molecule has 0 aliphatic carbocycles. The highest BCUT2D eigenvalue weighted by molar-refractivity contribution is 7.22. The third-order valence-electron chi connectivity index (χ3n) is 2.89. The van der Waals surface area contributed by atoms with E-state index in [4.69, 9.17) is 17.3 Å². The summed E-state index contributed by atoms with van der Waals surface area (Å²) in [4.78, 5) is 4.59. The predicted molar refractivity (Wildman–Crippen MR) is 79.2 cm³/mol. The monoisotopic (exact) mass is 274 g/mol. The van der Waals surface area contributed by atoms with Gasteiger partial charge < -0.3 is 5.73 Å². The van der Waals surface area contributed by atoms with Crippen molar-refractivity contribution in [1.82, 2.24) is 4.98 Å². The highest BCUT2D eigenvalue weighted by Crippen LogP contribution is 2.35. The number of aryl methyl sites for hydroxylation is 1. The van der Waals surface area contributed by atoms with Crippen molar-refractivity contribution >= 4 is 38.8 Å². The zero-order chi connectivity index (χ0) is 12.7. The molecule has 2 N–H and O–H groups in total. The van der Waals surface area contributed by atoms with Gasteiger partial charge in [-0.25, -0.2) is 4.98 Å². The maximum absolute atomic E-state index is 6.16. The van der Waals surface area contributed by atoms with Gasteiger partial charge in [0.25, 0.3) is 0 Å². The molecule has 18 heavy (non-hydrogen) atoms. The number of nitrogens with zero attached hydrogens (tertiary/aromatic N) is 1. The molecular formula is C14H11ClN2S. The second kappa shape index (κ2) is 4.26. The lowest BCUT2D eigenvalue weighted by atomic mass is 10.1. The highest BCUT2D eigenvalue weighted by atomic mass is 35.5. The first kappa shape index (κ1) is 11.5. The fourth-order valence-electron chi connectivity index (χ4n) is 1.81. The lowest BCUT2D eigenvalue weighted by Crippen LogP contribution is -1.89. The van der Waals surface area contributed by atoms with Crippen LogP contribution >= 0.6 is 22.9 Å². The Bertz CT molecular complexity index is 734. The molecule has 4 heteroatoms. The molecule has 1 aromatic heterocycles. The summed E-state index contributed by atoms with van der Waals surface area (Å²) in [5, 5.41) is 1.70. The second-order valence-electron chi connectivity index (χ2n) is 4.18. The van der Waals surface area contributed by atoms with Crippen LogP contribution in [0.4, 0.5) is 5.69 Å². The summed E-state index contributed by atoms with van der Waals surface area (Å²) in [5.41, 5.74) is 9.77. The van der Waals surface area contributed by atoms with Crippen LogP contribution in [0.5, 0.6) is 0 Å². The molecule has 0 saturated carbocycles. The average molecular weight is 275 g/mol. The molecule has 0 spiro atoms. The first-order valence-electron chi connectivity index (χ1n) is 5.57. The molecule has 0 bridgehead atoms. The SMILES string of the molecule is Cc1ccc(-c2nc3cccc(Cl)c3s2)cc1N. The number of fused-ring (bicyclic) bond motifs is 1. The standard InChI is InChI=1S/C14H11ClN2S/c1-8-5-6-9(7-11(8)16)14-17-12-4-2-3-10(15)13(12)18-14/h2-7H,16H2,1H3. The Balaban J connectivity index is 2.19. The van der Waals surface area contributed by atoms with E-state index in [9.17, 15) is 0 Å². The van der Waals surface area contributed by atoms with Crippen LogP contribution in [-0.2, 0) is 0 Å². The molecule has 0 aliphatic rings. The van der Waals surface area contributed by atoms with Crippen molar-refractivity contribution in [2.24, 2.45) is 0 Å². The summed E-state index contributed by atoms with van der Waals surface area (Å²) >= 11 is 7.75. The van der Waals surface area contributed by atoms with Gasteiger partial charge in [0.15, 0.2) is 0 Å². The van der Waals surface area contributed by atoms with Crippen LogP contribution in [0.2, 0.25) is 5.02 Å². The molecule has 0 amide bonds. The Labute approximate surface area is 114 Å². The summed E-state index contributed by atoms with van der Waals surface area (Å²) < 4.78 is 1.02. The largest absolute Gasteiger partial charge is 0.398 e. The van der Waals surface area contributed by atoms with Crippen LogP contribution in [0.3, 0.4) is 0 Å². The van der Waals surface area contributed by atoms with Gasteiger partial charge in [-0.3, -0.25) is 0 Å². The van der Waals surface area contributed by atoms with E-state index in [0.29, 0.717) is 0 Å². The molecule has 0 atom stereocenters. The van der Waals surface area contributed by atoms with Crippen molar-refractivity contribution in [1.29, 1.82) is 0 Å². The van der Waals surface area contributed by atoms with E-state index < -0.39 is 0 Å². The smallest absolute Gasteiger partial charge is 0.124 e. The summed E-state index contributed by atoms with van der Waals surface area (Å²) in [6.45, 7) is 1.99. The van der Waals surface area contributed by atoms with Gasteiger partial charge in [0.2, 0.25) is 0 Å².